The number of hydrogen-bond donors (Lipinski definition) is 1. The molecule has 2 rings (SSSR count). The van der Waals surface area contributed by atoms with E-state index in [2.05, 4.69) is 38.1 Å². The molecule has 108 valence electrons. The van der Waals surface area contributed by atoms with Crippen molar-refractivity contribution in [1.82, 2.24) is 15.1 Å². The van der Waals surface area contributed by atoms with Crippen molar-refractivity contribution in [3.63, 3.8) is 0 Å². The van der Waals surface area contributed by atoms with Crippen LogP contribution in [0.5, 0.6) is 0 Å². The lowest BCUT2D eigenvalue weighted by Crippen LogP contribution is -2.30. The molecule has 1 N–H and O–H groups in total. The van der Waals surface area contributed by atoms with Crippen molar-refractivity contribution < 1.29 is 4.74 Å². The van der Waals surface area contributed by atoms with Crippen LogP contribution in [0.15, 0.2) is 10.7 Å². The molecule has 0 aromatic carbocycles. The number of nitrogens with one attached hydrogen (secondary N) is 1. The van der Waals surface area contributed by atoms with Gasteiger partial charge in [0.05, 0.1) is 35.6 Å². The van der Waals surface area contributed by atoms with Crippen LogP contribution in [-0.4, -0.2) is 30.5 Å². The van der Waals surface area contributed by atoms with Crippen LogP contribution >= 0.6 is 15.9 Å². The van der Waals surface area contributed by atoms with E-state index in [1.165, 1.54) is 37.8 Å². The third-order valence-corrected chi connectivity index (χ3v) is 4.68. The molecule has 0 saturated heterocycles. The van der Waals surface area contributed by atoms with Gasteiger partial charge in [-0.05, 0) is 41.7 Å². The third-order valence-electron chi connectivity index (χ3n) is 4.07. The van der Waals surface area contributed by atoms with Crippen molar-refractivity contribution in [3.05, 3.63) is 16.4 Å². The fourth-order valence-corrected chi connectivity index (χ4v) is 3.64. The van der Waals surface area contributed by atoms with E-state index in [1.54, 1.807) is 7.11 Å². The van der Waals surface area contributed by atoms with Gasteiger partial charge in [-0.3, -0.25) is 4.68 Å². The summed E-state index contributed by atoms with van der Waals surface area (Å²) in [6.45, 7) is 1.50. The summed E-state index contributed by atoms with van der Waals surface area (Å²) in [5.41, 5.74) is 1.27. The Bertz CT molecular complexity index is 388. The maximum absolute atomic E-state index is 5.17. The van der Waals surface area contributed by atoms with E-state index < -0.39 is 0 Å². The Kier molecular flexibility index (Phi) is 5.85. The molecule has 1 aliphatic carbocycles. The summed E-state index contributed by atoms with van der Waals surface area (Å²) in [6, 6.07) is 0.383. The molecule has 1 aromatic rings. The SMILES string of the molecule is CNC(c1c(Br)cnn1CCOC)C1CCCCC1. The number of aromatic nitrogens is 2. The lowest BCUT2D eigenvalue weighted by molar-refractivity contribution is 0.179. The van der Waals surface area contributed by atoms with Crippen LogP contribution < -0.4 is 5.32 Å². The Balaban J connectivity index is 2.18. The molecule has 0 amide bonds. The first-order valence-electron chi connectivity index (χ1n) is 7.15. The Morgan fingerprint density at radius 1 is 1.47 bits per heavy atom. The molecule has 4 nitrogen and oxygen atoms in total. The molecule has 0 aliphatic heterocycles. The summed E-state index contributed by atoms with van der Waals surface area (Å²) in [7, 11) is 3.79. The second kappa shape index (κ2) is 7.41. The van der Waals surface area contributed by atoms with Gasteiger partial charge in [0.25, 0.3) is 0 Å². The number of halogens is 1. The highest BCUT2D eigenvalue weighted by molar-refractivity contribution is 9.10. The van der Waals surface area contributed by atoms with Crippen LogP contribution in [0.1, 0.15) is 43.8 Å². The van der Waals surface area contributed by atoms with Crippen LogP contribution in [0.4, 0.5) is 0 Å². The summed E-state index contributed by atoms with van der Waals surface area (Å²) in [5.74, 6) is 0.716. The third kappa shape index (κ3) is 3.58. The van der Waals surface area contributed by atoms with Gasteiger partial charge in [-0.25, -0.2) is 0 Å². The minimum atomic E-state index is 0.383. The highest BCUT2D eigenvalue weighted by atomic mass is 79.9. The second-order valence-electron chi connectivity index (χ2n) is 5.26. The highest BCUT2D eigenvalue weighted by Crippen LogP contribution is 2.36. The lowest BCUT2D eigenvalue weighted by Gasteiger charge is -2.30. The van der Waals surface area contributed by atoms with Crippen LogP contribution in [0, 0.1) is 5.92 Å². The van der Waals surface area contributed by atoms with Crippen molar-refractivity contribution >= 4 is 15.9 Å². The molecule has 19 heavy (non-hydrogen) atoms. The van der Waals surface area contributed by atoms with E-state index in [4.69, 9.17) is 4.74 Å². The number of methoxy groups -OCH3 is 1. The van der Waals surface area contributed by atoms with Crippen molar-refractivity contribution in [3.8, 4) is 0 Å². The largest absolute Gasteiger partial charge is 0.383 e. The molecule has 1 aliphatic rings. The molecule has 1 unspecified atom stereocenters. The normalized spacial score (nSPS) is 18.7. The molecule has 1 aromatic heterocycles. The average Bonchev–Trinajstić information content (AvgIpc) is 2.80. The van der Waals surface area contributed by atoms with Gasteiger partial charge in [0.2, 0.25) is 0 Å². The van der Waals surface area contributed by atoms with E-state index in [1.807, 2.05) is 6.20 Å². The van der Waals surface area contributed by atoms with Crippen molar-refractivity contribution in [2.75, 3.05) is 20.8 Å². The predicted molar refractivity (Wildman–Crippen MR) is 80.2 cm³/mol. The quantitative estimate of drug-likeness (QED) is 0.871. The first-order valence-corrected chi connectivity index (χ1v) is 7.94. The topological polar surface area (TPSA) is 39.1 Å². The molecular weight excluding hydrogens is 306 g/mol. The van der Waals surface area contributed by atoms with E-state index in [9.17, 15) is 0 Å². The molecular formula is C14H24BrN3O. The number of rotatable bonds is 6. The summed E-state index contributed by atoms with van der Waals surface area (Å²) in [6.07, 6.45) is 8.62. The molecule has 1 atom stereocenters. The first-order chi connectivity index (χ1) is 9.27. The van der Waals surface area contributed by atoms with E-state index in [0.29, 0.717) is 18.6 Å². The Morgan fingerprint density at radius 3 is 2.84 bits per heavy atom. The maximum atomic E-state index is 5.17. The van der Waals surface area contributed by atoms with Crippen molar-refractivity contribution in [2.24, 2.45) is 5.92 Å². The number of ether oxygens (including phenoxy) is 1. The molecule has 0 bridgehead atoms. The standard InChI is InChI=1S/C14H24BrN3O/c1-16-13(11-6-4-3-5-7-11)14-12(15)10-17-18(14)8-9-19-2/h10-11,13,16H,3-9H2,1-2H3. The predicted octanol–water partition coefficient (Wildman–Crippen LogP) is 3.13. The van der Waals surface area contributed by atoms with Gasteiger partial charge in [-0.15, -0.1) is 0 Å². The van der Waals surface area contributed by atoms with Gasteiger partial charge < -0.3 is 10.1 Å². The zero-order valence-electron chi connectivity index (χ0n) is 11.9. The van der Waals surface area contributed by atoms with Gasteiger partial charge in [-0.2, -0.15) is 5.10 Å². The van der Waals surface area contributed by atoms with Gasteiger partial charge in [-0.1, -0.05) is 19.3 Å². The Hall–Kier alpha value is -0.390. The molecule has 1 saturated carbocycles. The zero-order valence-corrected chi connectivity index (χ0v) is 13.4. The maximum Gasteiger partial charge on any atom is 0.0699 e. The smallest absolute Gasteiger partial charge is 0.0699 e. The minimum absolute atomic E-state index is 0.383. The van der Waals surface area contributed by atoms with Crippen molar-refractivity contribution in [2.45, 2.75) is 44.7 Å². The minimum Gasteiger partial charge on any atom is -0.383 e. The van der Waals surface area contributed by atoms with Gasteiger partial charge >= 0.3 is 0 Å². The molecule has 0 spiro atoms. The van der Waals surface area contributed by atoms with Crippen molar-refractivity contribution in [1.29, 1.82) is 0 Å². The number of nitrogens with zero attached hydrogens (tertiary/aromatic N) is 2. The zero-order chi connectivity index (χ0) is 13.7. The van der Waals surface area contributed by atoms with Crippen LogP contribution in [0.25, 0.3) is 0 Å². The molecule has 0 radical (unpaired) electrons. The van der Waals surface area contributed by atoms with E-state index in [0.717, 1.165) is 11.0 Å². The summed E-state index contributed by atoms with van der Waals surface area (Å²) in [4.78, 5) is 0. The van der Waals surface area contributed by atoms with Crippen LogP contribution in [0.2, 0.25) is 0 Å². The number of hydrogen-bond acceptors (Lipinski definition) is 3. The average molecular weight is 330 g/mol. The summed E-state index contributed by atoms with van der Waals surface area (Å²) >= 11 is 3.65. The monoisotopic (exact) mass is 329 g/mol. The van der Waals surface area contributed by atoms with E-state index >= 15 is 0 Å². The van der Waals surface area contributed by atoms with Gasteiger partial charge in [0.1, 0.15) is 0 Å². The van der Waals surface area contributed by atoms with Gasteiger partial charge in [0, 0.05) is 7.11 Å². The Labute approximate surface area is 124 Å². The first kappa shape index (κ1) is 15.0. The Morgan fingerprint density at radius 2 is 2.21 bits per heavy atom. The fraction of sp³-hybridized carbons (Fsp3) is 0.786. The van der Waals surface area contributed by atoms with Gasteiger partial charge in [0.15, 0.2) is 0 Å². The lowest BCUT2D eigenvalue weighted by atomic mass is 9.82. The molecule has 1 fully saturated rings. The molecule has 5 heteroatoms. The fourth-order valence-electron chi connectivity index (χ4n) is 3.10. The summed E-state index contributed by atoms with van der Waals surface area (Å²) < 4.78 is 8.35. The van der Waals surface area contributed by atoms with E-state index in [-0.39, 0.29) is 0 Å². The highest BCUT2D eigenvalue weighted by Gasteiger charge is 2.28. The molecule has 1 heterocycles. The van der Waals surface area contributed by atoms with Crippen LogP contribution in [-0.2, 0) is 11.3 Å². The van der Waals surface area contributed by atoms with Crippen LogP contribution in [0.3, 0.4) is 0 Å². The second-order valence-corrected chi connectivity index (χ2v) is 6.11. The summed E-state index contributed by atoms with van der Waals surface area (Å²) in [5, 5.41) is 7.97.